The minimum atomic E-state index is -0.554. The Morgan fingerprint density at radius 2 is 2.05 bits per heavy atom. The van der Waals surface area contributed by atoms with Gasteiger partial charge in [-0.1, -0.05) is 0 Å². The molecular weight excluding hydrogens is 260 g/mol. The van der Waals surface area contributed by atoms with Gasteiger partial charge >= 0.3 is 11.7 Å². The summed E-state index contributed by atoms with van der Waals surface area (Å²) in [6, 6.07) is 5.31. The molecule has 0 unspecified atom stereocenters. The molecule has 0 spiro atoms. The van der Waals surface area contributed by atoms with Gasteiger partial charge in [0.2, 0.25) is 0 Å². The molecule has 104 valence electrons. The van der Waals surface area contributed by atoms with Gasteiger partial charge in [-0.15, -0.1) is 0 Å². The largest absolute Gasteiger partial charge is 0.491 e. The first kappa shape index (κ1) is 12.5. The Balaban J connectivity index is 2.35. The average molecular weight is 274 g/mol. The van der Waals surface area contributed by atoms with Crippen molar-refractivity contribution < 1.29 is 14.3 Å². The molecule has 0 aliphatic heterocycles. The van der Waals surface area contributed by atoms with Gasteiger partial charge in [0.15, 0.2) is 11.4 Å². The summed E-state index contributed by atoms with van der Waals surface area (Å²) in [4.78, 5) is 24.5. The monoisotopic (exact) mass is 274 g/mol. The van der Waals surface area contributed by atoms with E-state index in [1.165, 1.54) is 8.80 Å². The van der Waals surface area contributed by atoms with Crippen LogP contribution >= 0.6 is 0 Å². The molecule has 0 N–H and O–H groups in total. The molecule has 6 nitrogen and oxygen atoms in total. The lowest BCUT2D eigenvalue weighted by atomic mass is 10.4. The molecule has 0 amide bonds. The molecule has 0 saturated heterocycles. The summed E-state index contributed by atoms with van der Waals surface area (Å²) in [5, 5.41) is 0. The first-order valence-corrected chi connectivity index (χ1v) is 6.47. The molecule has 3 rings (SSSR count). The first-order valence-electron chi connectivity index (χ1n) is 6.47. The van der Waals surface area contributed by atoms with E-state index in [4.69, 9.17) is 9.47 Å². The second kappa shape index (κ2) is 4.56. The van der Waals surface area contributed by atoms with Gasteiger partial charge in [-0.25, -0.2) is 14.0 Å². The predicted molar refractivity (Wildman–Crippen MR) is 72.9 cm³/mol. The molecule has 20 heavy (non-hydrogen) atoms. The lowest BCUT2D eigenvalue weighted by Gasteiger charge is -2.05. The lowest BCUT2D eigenvalue weighted by Crippen LogP contribution is -2.19. The minimum Gasteiger partial charge on any atom is -0.491 e. The zero-order valence-corrected chi connectivity index (χ0v) is 11.3. The fourth-order valence-corrected chi connectivity index (χ4v) is 2.40. The maximum absolute atomic E-state index is 12.4. The van der Waals surface area contributed by atoms with Crippen molar-refractivity contribution in [2.45, 2.75) is 13.8 Å². The van der Waals surface area contributed by atoms with E-state index in [0.29, 0.717) is 17.9 Å². The standard InChI is InChI=1S/C14H14N2O4/c1-3-19-11-8-10-9-6-5-7-15(9)14(18)16(10)12(11)13(17)20-4-2/h5-8H,3-4H2,1-2H3. The topological polar surface area (TPSA) is 61.4 Å². The lowest BCUT2D eigenvalue weighted by molar-refractivity contribution is 0.0513. The van der Waals surface area contributed by atoms with Gasteiger partial charge in [-0.05, 0) is 26.0 Å². The Labute approximate surface area is 114 Å². The summed E-state index contributed by atoms with van der Waals surface area (Å²) >= 11 is 0. The normalized spacial score (nSPS) is 11.3. The number of carbonyl (C=O) groups is 1. The van der Waals surface area contributed by atoms with Crippen LogP contribution in [0.15, 0.2) is 29.2 Å². The molecule has 0 fully saturated rings. The number of hydrogen-bond donors (Lipinski definition) is 0. The van der Waals surface area contributed by atoms with Gasteiger partial charge in [0.05, 0.1) is 24.2 Å². The van der Waals surface area contributed by atoms with E-state index in [9.17, 15) is 9.59 Å². The predicted octanol–water partition coefficient (Wildman–Crippen LogP) is 1.57. The number of esters is 1. The summed E-state index contributed by atoms with van der Waals surface area (Å²) in [7, 11) is 0. The number of carbonyl (C=O) groups excluding carboxylic acids is 1. The number of aromatic nitrogens is 2. The van der Waals surface area contributed by atoms with Crippen molar-refractivity contribution in [3.63, 3.8) is 0 Å². The van der Waals surface area contributed by atoms with Crippen LogP contribution in [-0.2, 0) is 4.74 Å². The number of ether oxygens (including phenoxy) is 2. The van der Waals surface area contributed by atoms with Gasteiger partial charge in [-0.2, -0.15) is 0 Å². The van der Waals surface area contributed by atoms with Gasteiger partial charge in [-0.3, -0.25) is 4.40 Å². The fraction of sp³-hybridized carbons (Fsp3) is 0.286. The summed E-state index contributed by atoms with van der Waals surface area (Å²) < 4.78 is 13.3. The second-order valence-electron chi connectivity index (χ2n) is 4.28. The van der Waals surface area contributed by atoms with Crippen molar-refractivity contribution in [1.82, 2.24) is 8.80 Å². The summed E-state index contributed by atoms with van der Waals surface area (Å²) in [5.41, 5.74) is 1.24. The zero-order valence-electron chi connectivity index (χ0n) is 11.3. The van der Waals surface area contributed by atoms with E-state index >= 15 is 0 Å². The fourth-order valence-electron chi connectivity index (χ4n) is 2.40. The number of imidazole rings is 1. The van der Waals surface area contributed by atoms with Crippen molar-refractivity contribution in [3.8, 4) is 5.75 Å². The minimum absolute atomic E-state index is 0.150. The van der Waals surface area contributed by atoms with Gasteiger partial charge < -0.3 is 9.47 Å². The van der Waals surface area contributed by atoms with Crippen molar-refractivity contribution in [2.75, 3.05) is 13.2 Å². The Kier molecular flexibility index (Phi) is 2.85. The highest BCUT2D eigenvalue weighted by atomic mass is 16.5. The Bertz CT molecular complexity index is 831. The van der Waals surface area contributed by atoms with Crippen LogP contribution in [0.5, 0.6) is 5.75 Å². The molecule has 0 aromatic carbocycles. The van der Waals surface area contributed by atoms with Crippen molar-refractivity contribution >= 4 is 17.0 Å². The maximum Gasteiger partial charge on any atom is 0.359 e. The van der Waals surface area contributed by atoms with Crippen LogP contribution in [0, 0.1) is 0 Å². The third-order valence-electron chi connectivity index (χ3n) is 3.14. The second-order valence-corrected chi connectivity index (χ2v) is 4.28. The SMILES string of the molecule is CCOC(=O)c1c(OCC)cc2c3cccn3c(=O)n12. The first-order chi connectivity index (χ1) is 9.69. The van der Waals surface area contributed by atoms with Crippen molar-refractivity contribution in [1.29, 1.82) is 0 Å². The van der Waals surface area contributed by atoms with E-state index in [0.717, 1.165) is 5.52 Å². The zero-order chi connectivity index (χ0) is 14.3. The highest BCUT2D eigenvalue weighted by Gasteiger charge is 2.25. The maximum atomic E-state index is 12.4. The van der Waals surface area contributed by atoms with E-state index in [1.54, 1.807) is 25.3 Å². The summed E-state index contributed by atoms with van der Waals surface area (Å²) in [5.74, 6) is -0.178. The Morgan fingerprint density at radius 1 is 1.25 bits per heavy atom. The molecule has 0 atom stereocenters. The Hall–Kier alpha value is -2.50. The number of nitrogens with zero attached hydrogens (tertiary/aromatic N) is 2. The summed E-state index contributed by atoms with van der Waals surface area (Å²) in [6.07, 6.45) is 1.67. The highest BCUT2D eigenvalue weighted by Crippen LogP contribution is 2.27. The van der Waals surface area contributed by atoms with Crippen LogP contribution in [0.4, 0.5) is 0 Å². The van der Waals surface area contributed by atoms with Gasteiger partial charge in [0, 0.05) is 12.3 Å². The van der Waals surface area contributed by atoms with E-state index in [1.807, 2.05) is 13.0 Å². The van der Waals surface area contributed by atoms with Gasteiger partial charge in [0.1, 0.15) is 0 Å². The number of fused-ring (bicyclic) bond motifs is 3. The summed E-state index contributed by atoms with van der Waals surface area (Å²) in [6.45, 7) is 4.19. The molecule has 0 radical (unpaired) electrons. The van der Waals surface area contributed by atoms with Gasteiger partial charge in [0.25, 0.3) is 0 Å². The third kappa shape index (κ3) is 1.57. The molecule has 0 saturated carbocycles. The smallest absolute Gasteiger partial charge is 0.359 e. The molecule has 3 aromatic rings. The molecule has 0 aliphatic carbocycles. The van der Waals surface area contributed by atoms with Crippen LogP contribution in [0.3, 0.4) is 0 Å². The Morgan fingerprint density at radius 3 is 2.75 bits per heavy atom. The molecule has 6 heteroatoms. The highest BCUT2D eigenvalue weighted by molar-refractivity contribution is 5.95. The van der Waals surface area contributed by atoms with Crippen molar-refractivity contribution in [2.24, 2.45) is 0 Å². The molecule has 0 aliphatic rings. The molecule has 3 heterocycles. The molecule has 0 bridgehead atoms. The van der Waals surface area contributed by atoms with E-state index in [-0.39, 0.29) is 18.0 Å². The number of rotatable bonds is 4. The van der Waals surface area contributed by atoms with E-state index < -0.39 is 5.97 Å². The van der Waals surface area contributed by atoms with Crippen LogP contribution in [-0.4, -0.2) is 28.0 Å². The van der Waals surface area contributed by atoms with Crippen LogP contribution in [0.1, 0.15) is 24.3 Å². The molecular formula is C14H14N2O4. The van der Waals surface area contributed by atoms with Crippen molar-refractivity contribution in [3.05, 3.63) is 40.6 Å². The van der Waals surface area contributed by atoms with Crippen LogP contribution < -0.4 is 10.4 Å². The molecule has 3 aromatic heterocycles. The van der Waals surface area contributed by atoms with Crippen LogP contribution in [0.2, 0.25) is 0 Å². The quantitative estimate of drug-likeness (QED) is 0.677. The third-order valence-corrected chi connectivity index (χ3v) is 3.14. The number of hydrogen-bond acceptors (Lipinski definition) is 4. The van der Waals surface area contributed by atoms with Crippen LogP contribution in [0.25, 0.3) is 11.0 Å². The van der Waals surface area contributed by atoms with E-state index in [2.05, 4.69) is 0 Å². The average Bonchev–Trinajstić information content (AvgIpc) is 3.06.